The van der Waals surface area contributed by atoms with Crippen LogP contribution in [0.4, 0.5) is 11.4 Å². The largest absolute Gasteiger partial charge is 0.361 e. The van der Waals surface area contributed by atoms with Gasteiger partial charge in [-0.1, -0.05) is 35.0 Å². The van der Waals surface area contributed by atoms with Gasteiger partial charge in [0.2, 0.25) is 0 Å². The lowest BCUT2D eigenvalue weighted by Crippen LogP contribution is -1.94. The maximum Gasteiger partial charge on any atom is 0.152 e. The standard InChI is InChI=1S/C16H14ClN3O/c1-10-15(11(2)21-20-10)12-8-14(16(17)18-9-12)19-13-6-4-3-5-7-13/h3-9,19H,1-2H3. The molecule has 0 radical (unpaired) electrons. The highest BCUT2D eigenvalue weighted by molar-refractivity contribution is 6.32. The van der Waals surface area contributed by atoms with Crippen molar-refractivity contribution in [1.29, 1.82) is 0 Å². The molecule has 0 saturated heterocycles. The topological polar surface area (TPSA) is 51.0 Å². The van der Waals surface area contributed by atoms with E-state index in [4.69, 9.17) is 16.1 Å². The zero-order valence-electron chi connectivity index (χ0n) is 11.7. The van der Waals surface area contributed by atoms with Gasteiger partial charge in [-0.2, -0.15) is 0 Å². The number of hydrogen-bond acceptors (Lipinski definition) is 4. The number of hydrogen-bond donors (Lipinski definition) is 1. The zero-order chi connectivity index (χ0) is 14.8. The predicted molar refractivity (Wildman–Crippen MR) is 83.9 cm³/mol. The molecule has 0 aliphatic heterocycles. The number of nitrogens with one attached hydrogen (secondary N) is 1. The van der Waals surface area contributed by atoms with Gasteiger partial charge in [-0.15, -0.1) is 0 Å². The third-order valence-electron chi connectivity index (χ3n) is 3.21. The van der Waals surface area contributed by atoms with Crippen LogP contribution in [0.25, 0.3) is 11.1 Å². The highest BCUT2D eigenvalue weighted by Gasteiger charge is 2.14. The van der Waals surface area contributed by atoms with Crippen LogP contribution >= 0.6 is 11.6 Å². The summed E-state index contributed by atoms with van der Waals surface area (Å²) in [7, 11) is 0. The van der Waals surface area contributed by atoms with Crippen molar-refractivity contribution in [1.82, 2.24) is 10.1 Å². The molecule has 0 spiro atoms. The second-order valence-corrected chi connectivity index (χ2v) is 5.11. The lowest BCUT2D eigenvalue weighted by Gasteiger charge is -2.09. The summed E-state index contributed by atoms with van der Waals surface area (Å²) in [6, 6.07) is 11.8. The molecule has 0 amide bonds. The molecule has 0 atom stereocenters. The first kappa shape index (κ1) is 13.6. The molecular formula is C16H14ClN3O. The van der Waals surface area contributed by atoms with E-state index in [2.05, 4.69) is 15.5 Å². The number of nitrogens with zero attached hydrogens (tertiary/aromatic N) is 2. The van der Waals surface area contributed by atoms with Crippen molar-refractivity contribution in [3.63, 3.8) is 0 Å². The van der Waals surface area contributed by atoms with Crippen LogP contribution in [0.5, 0.6) is 0 Å². The van der Waals surface area contributed by atoms with Crippen molar-refractivity contribution in [2.24, 2.45) is 0 Å². The quantitative estimate of drug-likeness (QED) is 0.709. The predicted octanol–water partition coefficient (Wildman–Crippen LogP) is 4.75. The van der Waals surface area contributed by atoms with Gasteiger partial charge in [0.25, 0.3) is 0 Å². The minimum Gasteiger partial charge on any atom is -0.361 e. The summed E-state index contributed by atoms with van der Waals surface area (Å²) in [5, 5.41) is 7.67. The number of halogens is 1. The number of aromatic nitrogens is 2. The highest BCUT2D eigenvalue weighted by atomic mass is 35.5. The van der Waals surface area contributed by atoms with Crippen LogP contribution in [-0.4, -0.2) is 10.1 Å². The van der Waals surface area contributed by atoms with Gasteiger partial charge in [0, 0.05) is 23.0 Å². The molecule has 0 saturated carbocycles. The number of aryl methyl sites for hydroxylation is 2. The first-order valence-corrected chi connectivity index (χ1v) is 6.94. The van der Waals surface area contributed by atoms with E-state index >= 15 is 0 Å². The van der Waals surface area contributed by atoms with Crippen LogP contribution in [-0.2, 0) is 0 Å². The lowest BCUT2D eigenvalue weighted by molar-refractivity contribution is 0.393. The van der Waals surface area contributed by atoms with Crippen molar-refractivity contribution < 1.29 is 4.52 Å². The van der Waals surface area contributed by atoms with Crippen molar-refractivity contribution in [3.05, 3.63) is 59.2 Å². The Morgan fingerprint density at radius 2 is 1.90 bits per heavy atom. The summed E-state index contributed by atoms with van der Waals surface area (Å²) in [5.41, 5.74) is 4.42. The van der Waals surface area contributed by atoms with Crippen molar-refractivity contribution >= 4 is 23.0 Å². The van der Waals surface area contributed by atoms with Crippen LogP contribution in [0.15, 0.2) is 47.1 Å². The van der Waals surface area contributed by atoms with Crippen molar-refractivity contribution in [2.45, 2.75) is 13.8 Å². The van der Waals surface area contributed by atoms with Crippen LogP contribution in [0.3, 0.4) is 0 Å². The number of rotatable bonds is 3. The molecule has 2 aromatic heterocycles. The first-order valence-electron chi connectivity index (χ1n) is 6.56. The molecule has 1 aromatic carbocycles. The fraction of sp³-hybridized carbons (Fsp3) is 0.125. The summed E-state index contributed by atoms with van der Waals surface area (Å²) < 4.78 is 5.21. The molecule has 4 nitrogen and oxygen atoms in total. The van der Waals surface area contributed by atoms with Gasteiger partial charge in [0.1, 0.15) is 5.76 Å². The van der Waals surface area contributed by atoms with Gasteiger partial charge >= 0.3 is 0 Å². The normalized spacial score (nSPS) is 10.6. The van der Waals surface area contributed by atoms with Gasteiger partial charge in [-0.3, -0.25) is 0 Å². The number of pyridine rings is 1. The Hall–Kier alpha value is -2.33. The smallest absolute Gasteiger partial charge is 0.152 e. The Bertz CT molecular complexity index is 749. The van der Waals surface area contributed by atoms with Crippen molar-refractivity contribution in [3.8, 4) is 11.1 Å². The van der Waals surface area contributed by atoms with Crippen LogP contribution < -0.4 is 5.32 Å². The van der Waals surface area contributed by atoms with E-state index in [1.54, 1.807) is 6.20 Å². The molecule has 0 unspecified atom stereocenters. The fourth-order valence-corrected chi connectivity index (χ4v) is 2.40. The van der Waals surface area contributed by atoms with Gasteiger partial charge in [0.05, 0.1) is 11.4 Å². The summed E-state index contributed by atoms with van der Waals surface area (Å²) in [5.74, 6) is 0.766. The molecular weight excluding hydrogens is 286 g/mol. The van der Waals surface area contributed by atoms with Crippen LogP contribution in [0.2, 0.25) is 5.15 Å². The molecule has 2 heterocycles. The third kappa shape index (κ3) is 2.76. The second kappa shape index (κ2) is 5.58. The Morgan fingerprint density at radius 3 is 2.57 bits per heavy atom. The molecule has 21 heavy (non-hydrogen) atoms. The second-order valence-electron chi connectivity index (χ2n) is 4.75. The number of para-hydroxylation sites is 1. The van der Waals surface area contributed by atoms with E-state index in [-0.39, 0.29) is 0 Å². The third-order valence-corrected chi connectivity index (χ3v) is 3.52. The van der Waals surface area contributed by atoms with Crippen LogP contribution in [0.1, 0.15) is 11.5 Å². The average Bonchev–Trinajstić information content (AvgIpc) is 2.82. The minimum absolute atomic E-state index is 0.425. The van der Waals surface area contributed by atoms with Gasteiger partial charge in [0.15, 0.2) is 5.15 Å². The average molecular weight is 300 g/mol. The molecule has 1 N–H and O–H groups in total. The van der Waals surface area contributed by atoms with E-state index in [1.165, 1.54) is 0 Å². The highest BCUT2D eigenvalue weighted by Crippen LogP contribution is 2.32. The van der Waals surface area contributed by atoms with Gasteiger partial charge in [-0.05, 0) is 32.0 Å². The van der Waals surface area contributed by atoms with Gasteiger partial charge in [-0.25, -0.2) is 4.98 Å². The molecule has 0 aliphatic carbocycles. The molecule has 3 rings (SSSR count). The zero-order valence-corrected chi connectivity index (χ0v) is 12.5. The molecule has 106 valence electrons. The Morgan fingerprint density at radius 1 is 1.14 bits per heavy atom. The van der Waals surface area contributed by atoms with Crippen LogP contribution in [0, 0.1) is 13.8 Å². The monoisotopic (exact) mass is 299 g/mol. The van der Waals surface area contributed by atoms with E-state index in [1.807, 2.05) is 50.2 Å². The summed E-state index contributed by atoms with van der Waals surface area (Å²) in [6.45, 7) is 3.79. The van der Waals surface area contributed by atoms with Crippen molar-refractivity contribution in [2.75, 3.05) is 5.32 Å². The van der Waals surface area contributed by atoms with E-state index in [0.717, 1.165) is 34.0 Å². The lowest BCUT2D eigenvalue weighted by atomic mass is 10.1. The van der Waals surface area contributed by atoms with E-state index in [0.29, 0.717) is 5.15 Å². The minimum atomic E-state index is 0.425. The number of benzene rings is 1. The maximum atomic E-state index is 6.17. The molecule has 0 fully saturated rings. The summed E-state index contributed by atoms with van der Waals surface area (Å²) >= 11 is 6.17. The van der Waals surface area contributed by atoms with Gasteiger partial charge < -0.3 is 9.84 Å². The Labute approximate surface area is 127 Å². The van der Waals surface area contributed by atoms with E-state index in [9.17, 15) is 0 Å². The Balaban J connectivity index is 2.01. The molecule has 5 heteroatoms. The molecule has 3 aromatic rings. The first-order chi connectivity index (χ1) is 10.1. The Kier molecular flexibility index (Phi) is 3.62. The summed E-state index contributed by atoms with van der Waals surface area (Å²) in [6.07, 6.45) is 1.73. The summed E-state index contributed by atoms with van der Waals surface area (Å²) in [4.78, 5) is 4.25. The van der Waals surface area contributed by atoms with E-state index < -0.39 is 0 Å². The molecule has 0 bridgehead atoms. The maximum absolute atomic E-state index is 6.17. The number of anilines is 2. The molecule has 0 aliphatic rings. The fourth-order valence-electron chi connectivity index (χ4n) is 2.24. The SMILES string of the molecule is Cc1noc(C)c1-c1cnc(Cl)c(Nc2ccccc2)c1.